The molecule has 10 aromatic rings. The van der Waals surface area contributed by atoms with E-state index < -0.39 is 0 Å². The zero-order chi connectivity index (χ0) is 32.3. The standard InChI is InChI=1S/C46H30N2S/c1-2-10-31(11-3-1)32-18-21-34(22-19-32)47(37-27-29-45-42(30-37)41-28-20-33-12-4-5-13-38(33)46(41)49-45)35-23-25-36(26-24-35)48-43-16-8-6-14-39(43)40-15-7-9-17-44(40)48/h1-30H. The predicted octanol–water partition coefficient (Wildman–Crippen LogP) is 13.4. The molecule has 0 aliphatic rings. The molecule has 10 rings (SSSR count). The van der Waals surface area contributed by atoms with E-state index in [0.29, 0.717) is 0 Å². The van der Waals surface area contributed by atoms with Crippen molar-refractivity contribution in [1.82, 2.24) is 4.57 Å². The highest BCUT2D eigenvalue weighted by atomic mass is 32.1. The lowest BCUT2D eigenvalue weighted by Gasteiger charge is -2.26. The maximum atomic E-state index is 2.38. The van der Waals surface area contributed by atoms with Gasteiger partial charge in [-0.25, -0.2) is 0 Å². The number of para-hydroxylation sites is 2. The molecule has 0 aliphatic heterocycles. The summed E-state index contributed by atoms with van der Waals surface area (Å²) < 4.78 is 5.03. The molecule has 0 aliphatic carbocycles. The zero-order valence-electron chi connectivity index (χ0n) is 26.6. The van der Waals surface area contributed by atoms with Gasteiger partial charge in [-0.05, 0) is 88.6 Å². The second kappa shape index (κ2) is 11.2. The maximum Gasteiger partial charge on any atom is 0.0541 e. The van der Waals surface area contributed by atoms with E-state index in [1.165, 1.54) is 63.9 Å². The SMILES string of the molecule is c1ccc(-c2ccc(N(c3ccc(-n4c5ccccc5c5ccccc54)cc3)c3ccc4sc5c6ccccc6ccc5c4c3)cc2)cc1. The first-order chi connectivity index (χ1) is 24.3. The Kier molecular flexibility index (Phi) is 6.39. The molecule has 0 fully saturated rings. The van der Waals surface area contributed by atoms with Crippen molar-refractivity contribution < 1.29 is 0 Å². The van der Waals surface area contributed by atoms with Crippen LogP contribution in [-0.4, -0.2) is 4.57 Å². The van der Waals surface area contributed by atoms with Crippen LogP contribution in [0.25, 0.3) is 69.6 Å². The Labute approximate surface area is 288 Å². The maximum absolute atomic E-state index is 2.38. The molecule has 0 N–H and O–H groups in total. The lowest BCUT2D eigenvalue weighted by Crippen LogP contribution is -2.10. The predicted molar refractivity (Wildman–Crippen MR) is 211 cm³/mol. The van der Waals surface area contributed by atoms with Crippen molar-refractivity contribution in [3.63, 3.8) is 0 Å². The summed E-state index contributed by atoms with van der Waals surface area (Å²) in [6, 6.07) is 66.1. The number of anilines is 3. The summed E-state index contributed by atoms with van der Waals surface area (Å²) in [6.45, 7) is 0. The van der Waals surface area contributed by atoms with Gasteiger partial charge in [-0.15, -0.1) is 11.3 Å². The fourth-order valence-corrected chi connectivity index (χ4v) is 8.68. The quantitative estimate of drug-likeness (QED) is 0.181. The Morgan fingerprint density at radius 2 is 0.959 bits per heavy atom. The highest BCUT2D eigenvalue weighted by Gasteiger charge is 2.17. The van der Waals surface area contributed by atoms with Crippen molar-refractivity contribution in [3.8, 4) is 16.8 Å². The molecule has 0 unspecified atom stereocenters. The van der Waals surface area contributed by atoms with E-state index in [4.69, 9.17) is 0 Å². The van der Waals surface area contributed by atoms with Gasteiger partial charge < -0.3 is 9.47 Å². The van der Waals surface area contributed by atoms with E-state index in [1.54, 1.807) is 0 Å². The van der Waals surface area contributed by atoms with E-state index in [1.807, 2.05) is 11.3 Å². The molecule has 2 aromatic heterocycles. The molecule has 2 nitrogen and oxygen atoms in total. The lowest BCUT2D eigenvalue weighted by atomic mass is 10.0. The molecule has 49 heavy (non-hydrogen) atoms. The third-order valence-electron chi connectivity index (χ3n) is 9.78. The summed E-state index contributed by atoms with van der Waals surface area (Å²) in [6.07, 6.45) is 0. The topological polar surface area (TPSA) is 8.17 Å². The molecule has 2 heterocycles. The van der Waals surface area contributed by atoms with Gasteiger partial charge in [0.25, 0.3) is 0 Å². The van der Waals surface area contributed by atoms with Crippen molar-refractivity contribution in [2.45, 2.75) is 0 Å². The van der Waals surface area contributed by atoms with Gasteiger partial charge >= 0.3 is 0 Å². The van der Waals surface area contributed by atoms with E-state index in [0.717, 1.165) is 22.7 Å². The van der Waals surface area contributed by atoms with Gasteiger partial charge in [0.15, 0.2) is 0 Å². The fraction of sp³-hybridized carbons (Fsp3) is 0. The molecule has 0 saturated heterocycles. The molecule has 230 valence electrons. The number of rotatable bonds is 5. The number of nitrogens with zero attached hydrogens (tertiary/aromatic N) is 2. The van der Waals surface area contributed by atoms with Crippen molar-refractivity contribution >= 4 is 81.1 Å². The smallest absolute Gasteiger partial charge is 0.0541 e. The lowest BCUT2D eigenvalue weighted by molar-refractivity contribution is 1.17. The minimum Gasteiger partial charge on any atom is -0.310 e. The largest absolute Gasteiger partial charge is 0.310 e. The number of fused-ring (bicyclic) bond motifs is 8. The van der Waals surface area contributed by atoms with Crippen LogP contribution in [0, 0.1) is 0 Å². The number of hydrogen-bond acceptors (Lipinski definition) is 2. The normalized spacial score (nSPS) is 11.7. The summed E-state index contributed by atoms with van der Waals surface area (Å²) >= 11 is 1.88. The molecule has 8 aromatic carbocycles. The number of benzene rings is 8. The number of hydrogen-bond donors (Lipinski definition) is 0. The minimum absolute atomic E-state index is 1.11. The average molecular weight is 643 g/mol. The molecule has 3 heteroatoms. The van der Waals surface area contributed by atoms with Gasteiger partial charge in [0.05, 0.1) is 11.0 Å². The summed E-state index contributed by atoms with van der Waals surface area (Å²) in [7, 11) is 0. The average Bonchev–Trinajstić information content (AvgIpc) is 3.72. The van der Waals surface area contributed by atoms with Crippen molar-refractivity contribution in [2.24, 2.45) is 0 Å². The first kappa shape index (κ1) is 27.9. The van der Waals surface area contributed by atoms with Gasteiger partial charge in [-0.3, -0.25) is 0 Å². The summed E-state index contributed by atoms with van der Waals surface area (Å²) in [5.74, 6) is 0. The summed E-state index contributed by atoms with van der Waals surface area (Å²) in [5.41, 5.74) is 9.37. The van der Waals surface area contributed by atoms with Crippen LogP contribution < -0.4 is 4.90 Å². The molecular weight excluding hydrogens is 613 g/mol. The molecule has 0 spiro atoms. The third-order valence-corrected chi connectivity index (χ3v) is 11.0. The van der Waals surface area contributed by atoms with Crippen LogP contribution >= 0.6 is 11.3 Å². The van der Waals surface area contributed by atoms with Gasteiger partial charge in [-0.1, -0.05) is 115 Å². The first-order valence-electron chi connectivity index (χ1n) is 16.7. The molecule has 0 atom stereocenters. The van der Waals surface area contributed by atoms with Crippen molar-refractivity contribution in [1.29, 1.82) is 0 Å². The Balaban J connectivity index is 1.13. The van der Waals surface area contributed by atoms with Gasteiger partial charge in [0.2, 0.25) is 0 Å². The molecule has 0 saturated carbocycles. The van der Waals surface area contributed by atoms with Crippen molar-refractivity contribution in [2.75, 3.05) is 4.90 Å². The number of thiophene rings is 1. The van der Waals surface area contributed by atoms with Crippen LogP contribution in [0.4, 0.5) is 17.1 Å². The van der Waals surface area contributed by atoms with Crippen LogP contribution in [-0.2, 0) is 0 Å². The van der Waals surface area contributed by atoms with E-state index in [9.17, 15) is 0 Å². The molecule has 0 bridgehead atoms. The summed E-state index contributed by atoms with van der Waals surface area (Å²) in [5, 5.41) is 7.73. The third kappa shape index (κ3) is 4.55. The molecule has 0 radical (unpaired) electrons. The highest BCUT2D eigenvalue weighted by Crippen LogP contribution is 2.43. The van der Waals surface area contributed by atoms with Crippen LogP contribution in [0.2, 0.25) is 0 Å². The van der Waals surface area contributed by atoms with Crippen LogP contribution in [0.1, 0.15) is 0 Å². The second-order valence-corrected chi connectivity index (χ2v) is 13.6. The second-order valence-electron chi connectivity index (χ2n) is 12.6. The Hall–Kier alpha value is -6.16. The summed E-state index contributed by atoms with van der Waals surface area (Å²) in [4.78, 5) is 2.38. The van der Waals surface area contributed by atoms with E-state index >= 15 is 0 Å². The Morgan fingerprint density at radius 3 is 1.67 bits per heavy atom. The highest BCUT2D eigenvalue weighted by molar-refractivity contribution is 7.26. The van der Waals surface area contributed by atoms with Crippen LogP contribution in [0.15, 0.2) is 182 Å². The Morgan fingerprint density at radius 1 is 0.388 bits per heavy atom. The van der Waals surface area contributed by atoms with E-state index in [2.05, 4.69) is 191 Å². The van der Waals surface area contributed by atoms with Crippen LogP contribution in [0.3, 0.4) is 0 Å². The molecule has 0 amide bonds. The minimum atomic E-state index is 1.11. The number of aromatic nitrogens is 1. The van der Waals surface area contributed by atoms with Gasteiger partial charge in [-0.2, -0.15) is 0 Å². The van der Waals surface area contributed by atoms with Crippen LogP contribution in [0.5, 0.6) is 0 Å². The fourth-order valence-electron chi connectivity index (χ4n) is 7.46. The van der Waals surface area contributed by atoms with Gasteiger partial charge in [0, 0.05) is 53.7 Å². The molecular formula is C46H30N2S. The Bertz CT molecular complexity index is 2750. The van der Waals surface area contributed by atoms with Crippen molar-refractivity contribution in [3.05, 3.63) is 182 Å². The zero-order valence-corrected chi connectivity index (χ0v) is 27.4. The monoisotopic (exact) mass is 642 g/mol. The van der Waals surface area contributed by atoms with Gasteiger partial charge in [0.1, 0.15) is 0 Å². The van der Waals surface area contributed by atoms with E-state index in [-0.39, 0.29) is 0 Å². The first-order valence-corrected chi connectivity index (χ1v) is 17.5.